The number of imide groups is 1. The Kier molecular flexibility index (Phi) is 7.70. The van der Waals surface area contributed by atoms with Crippen molar-refractivity contribution in [1.29, 1.82) is 0 Å². The Hall–Kier alpha value is -1.98. The predicted molar refractivity (Wildman–Crippen MR) is 135 cm³/mol. The molecule has 1 aromatic heterocycles. The summed E-state index contributed by atoms with van der Waals surface area (Å²) in [4.78, 5) is 31.8. The van der Waals surface area contributed by atoms with Crippen LogP contribution in [0, 0.1) is 23.7 Å². The average molecular weight is 567 g/mol. The first-order chi connectivity index (χ1) is 15.7. The van der Waals surface area contributed by atoms with Crippen molar-refractivity contribution in [3.05, 3.63) is 23.8 Å². The first kappa shape index (κ1) is 24.2. The van der Waals surface area contributed by atoms with Gasteiger partial charge in [-0.2, -0.15) is 0 Å². The number of nitrogens with zero attached hydrogens (tertiary/aromatic N) is 5. The third-order valence-corrected chi connectivity index (χ3v) is 7.33. The van der Waals surface area contributed by atoms with Gasteiger partial charge in [0, 0.05) is 45.6 Å². The zero-order chi connectivity index (χ0) is 22.1. The molecule has 0 aromatic carbocycles. The van der Waals surface area contributed by atoms with Gasteiger partial charge in [0.2, 0.25) is 11.8 Å². The molecule has 0 spiro atoms. The molecule has 2 bridgehead atoms. The molecule has 2 fully saturated rings. The summed E-state index contributed by atoms with van der Waals surface area (Å²) in [6, 6.07) is 0. The Labute approximate surface area is 211 Å². The van der Waals surface area contributed by atoms with Gasteiger partial charge in [0.25, 0.3) is 0 Å². The normalized spacial score (nSPS) is 27.9. The Morgan fingerprint density at radius 3 is 2.58 bits per heavy atom. The summed E-state index contributed by atoms with van der Waals surface area (Å²) in [6.07, 6.45) is 10.6. The Bertz CT molecular complexity index is 913. The maximum absolute atomic E-state index is 12.8. The van der Waals surface area contributed by atoms with Crippen molar-refractivity contribution in [1.82, 2.24) is 30.3 Å². The molecule has 2 aliphatic heterocycles. The van der Waals surface area contributed by atoms with E-state index in [-0.39, 0.29) is 59.5 Å². The number of hydrogen-bond acceptors (Lipinski definition) is 5. The van der Waals surface area contributed by atoms with Crippen LogP contribution in [0.4, 0.5) is 0 Å². The van der Waals surface area contributed by atoms with Gasteiger partial charge < -0.3 is 15.2 Å². The van der Waals surface area contributed by atoms with Crippen LogP contribution in [0.3, 0.4) is 0 Å². The lowest BCUT2D eigenvalue weighted by Crippen LogP contribution is -2.43. The number of guanidine groups is 1. The third-order valence-electron chi connectivity index (χ3n) is 7.33. The van der Waals surface area contributed by atoms with Crippen molar-refractivity contribution in [2.45, 2.75) is 52.0 Å². The number of hydrogen-bond donors (Lipinski definition) is 2. The second-order valence-electron chi connectivity index (χ2n) is 9.26. The lowest BCUT2D eigenvalue weighted by Gasteiger charge is -2.18. The van der Waals surface area contributed by atoms with E-state index in [0.717, 1.165) is 44.0 Å². The molecule has 10 heteroatoms. The lowest BCUT2D eigenvalue weighted by atomic mass is 9.85. The SMILES string of the molecule is CCNC(=NCCc1nnc2n1CCCCC2)NCCN1C(=O)C2C3C=CC(C3)C2C1=O.I. The zero-order valence-electron chi connectivity index (χ0n) is 19.2. The van der Waals surface area contributed by atoms with E-state index in [1.165, 1.54) is 24.2 Å². The van der Waals surface area contributed by atoms with Gasteiger partial charge in [-0.05, 0) is 38.0 Å². The van der Waals surface area contributed by atoms with E-state index in [4.69, 9.17) is 0 Å². The summed E-state index contributed by atoms with van der Waals surface area (Å²) in [5.41, 5.74) is 0. The highest BCUT2D eigenvalue weighted by atomic mass is 127. The van der Waals surface area contributed by atoms with Crippen molar-refractivity contribution in [3.63, 3.8) is 0 Å². The maximum atomic E-state index is 12.8. The standard InChI is InChI=1S/C23H33N7O2.HI/c1-2-24-23(25-10-9-18-28-27-17-6-4-3-5-12-29(17)18)26-11-13-30-21(31)19-15-7-8-16(14-15)20(19)22(30)32;/h7-8,15-16,19-20H,2-6,9-14H2,1H3,(H2,24,25,26);1H. The van der Waals surface area contributed by atoms with Crippen LogP contribution in [-0.2, 0) is 29.0 Å². The largest absolute Gasteiger partial charge is 0.357 e. The van der Waals surface area contributed by atoms with E-state index in [9.17, 15) is 9.59 Å². The molecular formula is C23H34IN7O2. The fraction of sp³-hybridized carbons (Fsp3) is 0.696. The number of allylic oxidation sites excluding steroid dienone is 2. The molecule has 4 aliphatic rings. The molecule has 2 aliphatic carbocycles. The fourth-order valence-electron chi connectivity index (χ4n) is 5.81. The maximum Gasteiger partial charge on any atom is 0.233 e. The van der Waals surface area contributed by atoms with Gasteiger partial charge in [-0.3, -0.25) is 19.5 Å². The van der Waals surface area contributed by atoms with Gasteiger partial charge in [-0.15, -0.1) is 34.2 Å². The first-order valence-corrected chi connectivity index (χ1v) is 12.1. The molecule has 4 atom stereocenters. The van der Waals surface area contributed by atoms with Crippen LogP contribution in [0.1, 0.15) is 44.3 Å². The van der Waals surface area contributed by atoms with Crippen LogP contribution in [0.2, 0.25) is 0 Å². The predicted octanol–water partition coefficient (Wildman–Crippen LogP) is 1.53. The number of fused-ring (bicyclic) bond motifs is 6. The van der Waals surface area contributed by atoms with Gasteiger partial charge in [-0.25, -0.2) is 0 Å². The summed E-state index contributed by atoms with van der Waals surface area (Å²) in [5.74, 6) is 3.07. The molecule has 33 heavy (non-hydrogen) atoms. The minimum absolute atomic E-state index is 0. The summed E-state index contributed by atoms with van der Waals surface area (Å²) in [7, 11) is 0. The number of likely N-dealkylation sites (tertiary alicyclic amines) is 1. The minimum atomic E-state index is -0.127. The molecular weight excluding hydrogens is 533 g/mol. The molecule has 1 saturated heterocycles. The average Bonchev–Trinajstić information content (AvgIpc) is 3.51. The highest BCUT2D eigenvalue weighted by Crippen LogP contribution is 2.52. The fourth-order valence-corrected chi connectivity index (χ4v) is 5.81. The summed E-state index contributed by atoms with van der Waals surface area (Å²) in [5, 5.41) is 15.3. The van der Waals surface area contributed by atoms with Crippen LogP contribution >= 0.6 is 24.0 Å². The van der Waals surface area contributed by atoms with Crippen LogP contribution in [0.5, 0.6) is 0 Å². The van der Waals surface area contributed by atoms with E-state index in [1.54, 1.807) is 0 Å². The Morgan fingerprint density at radius 2 is 1.85 bits per heavy atom. The molecule has 0 radical (unpaired) electrons. The van der Waals surface area contributed by atoms with Crippen molar-refractivity contribution in [3.8, 4) is 0 Å². The quantitative estimate of drug-likeness (QED) is 0.170. The number of nitrogens with one attached hydrogen (secondary N) is 2. The highest BCUT2D eigenvalue weighted by Gasteiger charge is 2.58. The van der Waals surface area contributed by atoms with Crippen LogP contribution in [0.15, 0.2) is 17.1 Å². The molecule has 4 unspecified atom stereocenters. The molecule has 1 aromatic rings. The van der Waals surface area contributed by atoms with E-state index in [2.05, 4.69) is 42.5 Å². The number of amides is 2. The number of rotatable bonds is 7. The number of carbonyl (C=O) groups is 2. The van der Waals surface area contributed by atoms with Crippen molar-refractivity contribution >= 4 is 41.8 Å². The zero-order valence-corrected chi connectivity index (χ0v) is 21.5. The van der Waals surface area contributed by atoms with Gasteiger partial charge >= 0.3 is 0 Å². The Balaban J connectivity index is 0.00000259. The molecule has 2 N–H and O–H groups in total. The second-order valence-corrected chi connectivity index (χ2v) is 9.26. The van der Waals surface area contributed by atoms with E-state index in [0.29, 0.717) is 25.6 Å². The molecule has 9 nitrogen and oxygen atoms in total. The molecule has 3 heterocycles. The van der Waals surface area contributed by atoms with Crippen molar-refractivity contribution in [2.24, 2.45) is 28.7 Å². The van der Waals surface area contributed by atoms with Crippen molar-refractivity contribution < 1.29 is 9.59 Å². The van der Waals surface area contributed by atoms with E-state index >= 15 is 0 Å². The topological polar surface area (TPSA) is 105 Å². The second kappa shape index (κ2) is 10.5. The molecule has 2 amide bonds. The first-order valence-electron chi connectivity index (χ1n) is 12.1. The van der Waals surface area contributed by atoms with Crippen molar-refractivity contribution in [2.75, 3.05) is 26.2 Å². The number of halogens is 1. The van der Waals surface area contributed by atoms with Gasteiger partial charge in [0.1, 0.15) is 11.6 Å². The van der Waals surface area contributed by atoms with Crippen LogP contribution in [-0.4, -0.2) is 63.6 Å². The highest BCUT2D eigenvalue weighted by molar-refractivity contribution is 14.0. The van der Waals surface area contributed by atoms with Crippen LogP contribution in [0.25, 0.3) is 0 Å². The third kappa shape index (κ3) is 4.67. The summed E-state index contributed by atoms with van der Waals surface area (Å²) < 4.78 is 2.26. The van der Waals surface area contributed by atoms with Gasteiger partial charge in [0.05, 0.1) is 11.8 Å². The minimum Gasteiger partial charge on any atom is -0.357 e. The van der Waals surface area contributed by atoms with Crippen LogP contribution < -0.4 is 10.6 Å². The Morgan fingerprint density at radius 1 is 1.09 bits per heavy atom. The van der Waals surface area contributed by atoms with E-state index in [1.807, 2.05) is 6.92 Å². The van der Waals surface area contributed by atoms with Gasteiger partial charge in [-0.1, -0.05) is 18.6 Å². The number of aryl methyl sites for hydroxylation is 1. The summed E-state index contributed by atoms with van der Waals surface area (Å²) >= 11 is 0. The monoisotopic (exact) mass is 567 g/mol. The molecule has 180 valence electrons. The molecule has 1 saturated carbocycles. The number of aromatic nitrogens is 3. The van der Waals surface area contributed by atoms with Gasteiger partial charge in [0.15, 0.2) is 5.96 Å². The summed E-state index contributed by atoms with van der Waals surface area (Å²) in [6.45, 7) is 5.24. The lowest BCUT2D eigenvalue weighted by molar-refractivity contribution is -0.140. The number of aliphatic imine (C=N–C) groups is 1. The van der Waals surface area contributed by atoms with E-state index < -0.39 is 0 Å². The number of carbonyl (C=O) groups excluding carboxylic acids is 2. The smallest absolute Gasteiger partial charge is 0.233 e. The molecule has 5 rings (SSSR count).